The van der Waals surface area contributed by atoms with Crippen LogP contribution < -0.4 is 38.1 Å². The van der Waals surface area contributed by atoms with Gasteiger partial charge >= 0.3 is 5.97 Å². The van der Waals surface area contributed by atoms with E-state index in [0.29, 0.717) is 25.8 Å². The van der Waals surface area contributed by atoms with E-state index in [1.54, 1.807) is 26.2 Å². The molecule has 0 aliphatic carbocycles. The minimum atomic E-state index is -1.28. The number of carbonyl (C=O) groups excluding carboxylic acids is 4. The standard InChI is InChI=1S/C40H56N10O6/c1-5-22(3)33(37(53)48-32(39(55)56)19-25-21-46-30-16-10-8-13-27(25)30)50-38(54)34(23(4)6-2)49-36(52)31(18-24-20-45-29-15-9-7-12-26(24)29)47-35(51)28(41)14-11-17-44-40(42)43/h7-10,12-13,15-16,20-23,28,31-34,45-46H,5-6,11,14,17-19,41H2,1-4H3,(H,47,51)(H,48,53)(H,49,52)(H,50,54)(H,55,56)(H4,42,43,44)/t22-,23-,28-,31-,32-,33-,34-/m0/s1. The highest BCUT2D eigenvalue weighted by Crippen LogP contribution is 2.21. The Bertz CT molecular complexity index is 1990. The maximum absolute atomic E-state index is 14.2. The fourth-order valence-corrected chi connectivity index (χ4v) is 6.57. The lowest BCUT2D eigenvalue weighted by Crippen LogP contribution is -2.61. The van der Waals surface area contributed by atoms with Crippen LogP contribution in [0.1, 0.15) is 64.5 Å². The van der Waals surface area contributed by atoms with Gasteiger partial charge in [-0.05, 0) is 47.9 Å². The lowest BCUT2D eigenvalue weighted by Gasteiger charge is -2.30. The van der Waals surface area contributed by atoms with Crippen molar-refractivity contribution >= 4 is 57.4 Å². The van der Waals surface area contributed by atoms with Crippen LogP contribution in [-0.4, -0.2) is 87.4 Å². The number of nitrogens with one attached hydrogen (secondary N) is 8. The van der Waals surface area contributed by atoms with E-state index in [-0.39, 0.29) is 25.2 Å². The zero-order valence-corrected chi connectivity index (χ0v) is 32.4. The molecule has 0 spiro atoms. The van der Waals surface area contributed by atoms with Crippen LogP contribution in [0.4, 0.5) is 0 Å². The molecule has 0 aliphatic rings. The molecule has 0 unspecified atom stereocenters. The number of aromatic nitrogens is 2. The molecule has 2 heterocycles. The van der Waals surface area contributed by atoms with Gasteiger partial charge in [-0.2, -0.15) is 0 Å². The number of hydrogen-bond acceptors (Lipinski definition) is 7. The van der Waals surface area contributed by atoms with E-state index in [0.717, 1.165) is 32.9 Å². The Labute approximate surface area is 326 Å². The van der Waals surface area contributed by atoms with Crippen molar-refractivity contribution < 1.29 is 29.1 Å². The molecule has 4 rings (SSSR count). The summed E-state index contributed by atoms with van der Waals surface area (Å²) in [5.41, 5.74) is 14.7. The van der Waals surface area contributed by atoms with Crippen molar-refractivity contribution in [3.63, 3.8) is 0 Å². The number of aromatic amines is 2. The van der Waals surface area contributed by atoms with Gasteiger partial charge in [0.1, 0.15) is 24.2 Å². The number of guanidine groups is 1. The van der Waals surface area contributed by atoms with Crippen LogP contribution in [0, 0.1) is 17.2 Å². The van der Waals surface area contributed by atoms with Gasteiger partial charge in [0.25, 0.3) is 0 Å². The number of rotatable bonds is 21. The van der Waals surface area contributed by atoms with Gasteiger partial charge in [-0.3, -0.25) is 24.6 Å². The average Bonchev–Trinajstić information content (AvgIpc) is 3.79. The number of amides is 4. The van der Waals surface area contributed by atoms with E-state index in [4.69, 9.17) is 16.9 Å². The number of benzene rings is 2. The highest BCUT2D eigenvalue weighted by atomic mass is 16.4. The van der Waals surface area contributed by atoms with Gasteiger partial charge in [0.15, 0.2) is 5.96 Å². The summed E-state index contributed by atoms with van der Waals surface area (Å²) in [7, 11) is 0. The Morgan fingerprint density at radius 2 is 1.18 bits per heavy atom. The molecule has 16 heteroatoms. The predicted molar refractivity (Wildman–Crippen MR) is 215 cm³/mol. The molecule has 7 atom stereocenters. The summed E-state index contributed by atoms with van der Waals surface area (Å²) in [5.74, 6) is -4.67. The number of H-pyrrole nitrogens is 2. The number of fused-ring (bicyclic) bond motifs is 2. The number of aliphatic carboxylic acids is 1. The van der Waals surface area contributed by atoms with Crippen LogP contribution in [0.25, 0.3) is 21.8 Å². The normalized spacial score (nSPS) is 15.1. The molecule has 2 aromatic heterocycles. The number of nitrogens with two attached hydrogens (primary N) is 2. The molecule has 0 bridgehead atoms. The summed E-state index contributed by atoms with van der Waals surface area (Å²) < 4.78 is 0. The van der Waals surface area contributed by atoms with Gasteiger partial charge in [-0.15, -0.1) is 0 Å². The smallest absolute Gasteiger partial charge is 0.326 e. The molecule has 4 aromatic rings. The van der Waals surface area contributed by atoms with Gasteiger partial charge in [0, 0.05) is 53.6 Å². The molecule has 2 aromatic carbocycles. The number of hydrogen-bond donors (Lipinski definition) is 11. The molecule has 0 aliphatic heterocycles. The highest BCUT2D eigenvalue weighted by molar-refractivity contribution is 5.96. The summed E-state index contributed by atoms with van der Waals surface area (Å²) in [6, 6.07) is 9.41. The molecule has 16 nitrogen and oxygen atoms in total. The first kappa shape index (κ1) is 42.8. The Kier molecular flexibility index (Phi) is 15.4. The molecule has 56 heavy (non-hydrogen) atoms. The van der Waals surface area contributed by atoms with E-state index in [1.807, 2.05) is 62.4 Å². The summed E-state index contributed by atoms with van der Waals surface area (Å²) in [5, 5.41) is 32.9. The molecule has 0 radical (unpaired) electrons. The van der Waals surface area contributed by atoms with Crippen molar-refractivity contribution in [3.8, 4) is 0 Å². The fraction of sp³-hybridized carbons (Fsp3) is 0.450. The topological polar surface area (TPSA) is 273 Å². The first-order valence-corrected chi connectivity index (χ1v) is 19.1. The first-order chi connectivity index (χ1) is 26.7. The fourth-order valence-electron chi connectivity index (χ4n) is 6.57. The zero-order valence-electron chi connectivity index (χ0n) is 32.4. The SMILES string of the molecule is CC[C@H](C)[C@H](NC(=O)[C@H](Cc1c[nH]c2ccccc12)NC(=O)[C@@H](N)CCCNC(=N)N)C(=O)N[C@H](C(=O)N[C@@H](Cc1c[nH]c2ccccc12)C(=O)O)[C@@H](C)CC. The monoisotopic (exact) mass is 772 g/mol. The van der Waals surface area contributed by atoms with Gasteiger partial charge in [0.2, 0.25) is 23.6 Å². The summed E-state index contributed by atoms with van der Waals surface area (Å²) >= 11 is 0. The second-order valence-electron chi connectivity index (χ2n) is 14.4. The molecule has 4 amide bonds. The van der Waals surface area contributed by atoms with E-state index in [9.17, 15) is 29.1 Å². The van der Waals surface area contributed by atoms with Gasteiger partial charge < -0.3 is 53.1 Å². The van der Waals surface area contributed by atoms with Crippen LogP contribution in [0.3, 0.4) is 0 Å². The van der Waals surface area contributed by atoms with Gasteiger partial charge in [-0.1, -0.05) is 76.9 Å². The molecule has 13 N–H and O–H groups in total. The van der Waals surface area contributed by atoms with Crippen molar-refractivity contribution in [2.45, 2.75) is 96.4 Å². The maximum atomic E-state index is 14.2. The quantitative estimate of drug-likeness (QED) is 0.0336. The van der Waals surface area contributed by atoms with Crippen molar-refractivity contribution in [2.24, 2.45) is 23.3 Å². The summed E-state index contributed by atoms with van der Waals surface area (Å²) in [4.78, 5) is 74.1. The van der Waals surface area contributed by atoms with E-state index in [1.165, 1.54) is 0 Å². The van der Waals surface area contributed by atoms with Crippen LogP contribution in [-0.2, 0) is 36.8 Å². The number of carboxylic acids is 1. The largest absolute Gasteiger partial charge is 0.480 e. The average molecular weight is 773 g/mol. The summed E-state index contributed by atoms with van der Waals surface area (Å²) in [6.07, 6.45) is 5.27. The highest BCUT2D eigenvalue weighted by Gasteiger charge is 2.36. The Morgan fingerprint density at radius 3 is 1.68 bits per heavy atom. The van der Waals surface area contributed by atoms with Crippen molar-refractivity contribution in [1.82, 2.24) is 36.6 Å². The Balaban J connectivity index is 1.53. The number of carboxylic acid groups (broad SMARTS) is 1. The van der Waals surface area contributed by atoms with E-state index < -0.39 is 71.6 Å². The Morgan fingerprint density at radius 1 is 0.714 bits per heavy atom. The summed E-state index contributed by atoms with van der Waals surface area (Å²) in [6.45, 7) is 7.64. The molecule has 302 valence electrons. The molecule has 0 saturated carbocycles. The predicted octanol–water partition coefficient (Wildman–Crippen LogP) is 2.14. The lowest BCUT2D eigenvalue weighted by atomic mass is 9.94. The Hall–Kier alpha value is -5.90. The lowest BCUT2D eigenvalue weighted by molar-refractivity contribution is -0.142. The van der Waals surface area contributed by atoms with Gasteiger partial charge in [-0.25, -0.2) is 4.79 Å². The van der Waals surface area contributed by atoms with Gasteiger partial charge in [0.05, 0.1) is 6.04 Å². The van der Waals surface area contributed by atoms with E-state index >= 15 is 0 Å². The second kappa shape index (κ2) is 20.1. The third-order valence-electron chi connectivity index (χ3n) is 10.4. The van der Waals surface area contributed by atoms with Crippen LogP contribution >= 0.6 is 0 Å². The van der Waals surface area contributed by atoms with Crippen LogP contribution in [0.15, 0.2) is 60.9 Å². The zero-order chi connectivity index (χ0) is 40.9. The molecular formula is C40H56N10O6. The van der Waals surface area contributed by atoms with Crippen LogP contribution in [0.5, 0.6) is 0 Å². The van der Waals surface area contributed by atoms with Crippen molar-refractivity contribution in [2.75, 3.05) is 6.54 Å². The first-order valence-electron chi connectivity index (χ1n) is 19.1. The number of para-hydroxylation sites is 2. The third-order valence-corrected chi connectivity index (χ3v) is 10.4. The van der Waals surface area contributed by atoms with Crippen molar-refractivity contribution in [3.05, 3.63) is 72.1 Å². The maximum Gasteiger partial charge on any atom is 0.326 e. The second-order valence-corrected chi connectivity index (χ2v) is 14.4. The third kappa shape index (κ3) is 11.3. The minimum Gasteiger partial charge on any atom is -0.480 e. The van der Waals surface area contributed by atoms with Crippen LogP contribution in [0.2, 0.25) is 0 Å². The number of carbonyl (C=O) groups is 5. The molecular weight excluding hydrogens is 717 g/mol. The minimum absolute atomic E-state index is 0.0142. The molecule has 0 fully saturated rings. The van der Waals surface area contributed by atoms with Crippen molar-refractivity contribution in [1.29, 1.82) is 5.41 Å². The molecule has 0 saturated heterocycles. The van der Waals surface area contributed by atoms with E-state index in [2.05, 4.69) is 36.6 Å².